The summed E-state index contributed by atoms with van der Waals surface area (Å²) in [6, 6.07) is 2.71. The van der Waals surface area contributed by atoms with Crippen LogP contribution in [0.25, 0.3) is 0 Å². The smallest absolute Gasteiger partial charge is 0.282 e. The molecule has 4 N–H and O–H groups in total. The molecule has 0 atom stereocenters. The van der Waals surface area contributed by atoms with Crippen LogP contribution in [0.5, 0.6) is 0 Å². The first kappa shape index (κ1) is 10.2. The van der Waals surface area contributed by atoms with Gasteiger partial charge >= 0.3 is 0 Å². The number of nitrogens with zero attached hydrogens (tertiary/aromatic N) is 2. The molecule has 1 rings (SSSR count). The minimum Gasteiger partial charge on any atom is -0.425 e. The Balaban J connectivity index is 2.78. The van der Waals surface area contributed by atoms with Crippen molar-refractivity contribution in [1.29, 1.82) is 0 Å². The molecular formula is C7H8N4O2S. The molecule has 1 aromatic rings. The SMILES string of the molecule is NC(=S)N/N=C\c1ccc(=O)n(O)c1. The van der Waals surface area contributed by atoms with Crippen molar-refractivity contribution >= 4 is 23.5 Å². The standard InChI is InChI=1S/C7H8N4O2S/c8-7(14)10-9-3-5-1-2-6(12)11(13)4-5/h1-4,13H,(H3,8,10,14)/b9-3-. The van der Waals surface area contributed by atoms with Crippen LogP contribution in [-0.2, 0) is 0 Å². The molecule has 7 heteroatoms. The maximum atomic E-state index is 10.8. The lowest BCUT2D eigenvalue weighted by molar-refractivity contribution is 0.175. The third kappa shape index (κ3) is 2.87. The van der Waals surface area contributed by atoms with E-state index in [1.165, 1.54) is 24.5 Å². The van der Waals surface area contributed by atoms with Gasteiger partial charge in [-0.15, -0.1) is 0 Å². The molecule has 0 spiro atoms. The van der Waals surface area contributed by atoms with E-state index in [1.54, 1.807) is 0 Å². The molecule has 0 aliphatic rings. The van der Waals surface area contributed by atoms with Crippen LogP contribution in [0.2, 0.25) is 0 Å². The molecule has 0 amide bonds. The van der Waals surface area contributed by atoms with Crippen LogP contribution >= 0.6 is 12.2 Å². The van der Waals surface area contributed by atoms with Gasteiger partial charge in [0.1, 0.15) is 0 Å². The first-order valence-corrected chi connectivity index (χ1v) is 4.01. The summed E-state index contributed by atoms with van der Waals surface area (Å²) >= 11 is 4.51. The van der Waals surface area contributed by atoms with E-state index < -0.39 is 5.56 Å². The highest BCUT2D eigenvalue weighted by atomic mass is 32.1. The number of hydrazone groups is 1. The van der Waals surface area contributed by atoms with Gasteiger partial charge in [0.25, 0.3) is 5.56 Å². The van der Waals surface area contributed by atoms with Crippen molar-refractivity contribution < 1.29 is 5.21 Å². The summed E-state index contributed by atoms with van der Waals surface area (Å²) in [6.45, 7) is 0. The molecule has 1 heterocycles. The molecule has 0 bridgehead atoms. The maximum absolute atomic E-state index is 10.8. The largest absolute Gasteiger partial charge is 0.425 e. The van der Waals surface area contributed by atoms with Crippen LogP contribution in [0.3, 0.4) is 0 Å². The molecule has 0 radical (unpaired) electrons. The van der Waals surface area contributed by atoms with Gasteiger partial charge in [-0.2, -0.15) is 9.83 Å². The molecule has 0 aliphatic heterocycles. The zero-order valence-electron chi connectivity index (χ0n) is 7.04. The third-order valence-electron chi connectivity index (χ3n) is 1.30. The molecule has 0 aromatic carbocycles. The Bertz CT molecular complexity index is 426. The van der Waals surface area contributed by atoms with E-state index in [-0.39, 0.29) is 5.11 Å². The normalized spacial score (nSPS) is 10.3. The molecule has 0 fully saturated rings. The van der Waals surface area contributed by atoms with Gasteiger partial charge in [0.15, 0.2) is 5.11 Å². The van der Waals surface area contributed by atoms with Crippen molar-refractivity contribution in [2.24, 2.45) is 10.8 Å². The number of hydrogen-bond acceptors (Lipinski definition) is 4. The lowest BCUT2D eigenvalue weighted by Gasteiger charge is -1.96. The molecule has 0 saturated heterocycles. The average molecular weight is 212 g/mol. The minimum absolute atomic E-state index is 0.0403. The summed E-state index contributed by atoms with van der Waals surface area (Å²) in [5.74, 6) is 0. The van der Waals surface area contributed by atoms with Gasteiger partial charge < -0.3 is 10.9 Å². The monoisotopic (exact) mass is 212 g/mol. The first-order chi connectivity index (χ1) is 6.59. The molecule has 0 saturated carbocycles. The highest BCUT2D eigenvalue weighted by molar-refractivity contribution is 7.80. The van der Waals surface area contributed by atoms with E-state index in [9.17, 15) is 4.79 Å². The topological polar surface area (TPSA) is 92.6 Å². The number of rotatable bonds is 2. The van der Waals surface area contributed by atoms with Crippen molar-refractivity contribution in [3.05, 3.63) is 34.2 Å². The fourth-order valence-electron chi connectivity index (χ4n) is 0.739. The summed E-state index contributed by atoms with van der Waals surface area (Å²) < 4.78 is 0.460. The number of nitrogens with two attached hydrogens (primary N) is 1. The fourth-order valence-corrected chi connectivity index (χ4v) is 0.791. The Morgan fingerprint density at radius 2 is 2.43 bits per heavy atom. The van der Waals surface area contributed by atoms with Gasteiger partial charge in [0.2, 0.25) is 0 Å². The number of hydrogen-bond donors (Lipinski definition) is 3. The zero-order chi connectivity index (χ0) is 10.6. The Morgan fingerprint density at radius 1 is 1.71 bits per heavy atom. The first-order valence-electron chi connectivity index (χ1n) is 3.60. The number of aromatic nitrogens is 1. The maximum Gasteiger partial charge on any atom is 0.282 e. The van der Waals surface area contributed by atoms with Crippen molar-refractivity contribution in [2.75, 3.05) is 0 Å². The van der Waals surface area contributed by atoms with Crippen molar-refractivity contribution in [2.45, 2.75) is 0 Å². The van der Waals surface area contributed by atoms with Crippen LogP contribution in [0, 0.1) is 0 Å². The summed E-state index contributed by atoms with van der Waals surface area (Å²) in [6.07, 6.45) is 2.58. The van der Waals surface area contributed by atoms with Gasteiger partial charge in [-0.05, 0) is 18.3 Å². The second-order valence-corrected chi connectivity index (χ2v) is 2.82. The molecule has 1 aromatic heterocycles. The van der Waals surface area contributed by atoms with E-state index in [2.05, 4.69) is 22.7 Å². The molecular weight excluding hydrogens is 204 g/mol. The molecule has 0 unspecified atom stereocenters. The lowest BCUT2D eigenvalue weighted by Crippen LogP contribution is -2.24. The van der Waals surface area contributed by atoms with Crippen molar-refractivity contribution in [3.63, 3.8) is 0 Å². The summed E-state index contributed by atoms with van der Waals surface area (Å²) in [5, 5.41) is 12.7. The zero-order valence-corrected chi connectivity index (χ0v) is 7.86. The third-order valence-corrected chi connectivity index (χ3v) is 1.40. The van der Waals surface area contributed by atoms with Gasteiger partial charge in [0.05, 0.1) is 12.4 Å². The Hall–Kier alpha value is -1.89. The quantitative estimate of drug-likeness (QED) is 0.260. The van der Waals surface area contributed by atoms with Crippen LogP contribution in [0.4, 0.5) is 0 Å². The predicted octanol–water partition coefficient (Wildman–Crippen LogP) is -0.747. The number of nitrogens with one attached hydrogen (secondary N) is 1. The van der Waals surface area contributed by atoms with Crippen LogP contribution in [0.1, 0.15) is 5.56 Å². The van der Waals surface area contributed by atoms with Gasteiger partial charge in [-0.1, -0.05) is 0 Å². The van der Waals surface area contributed by atoms with E-state index in [0.29, 0.717) is 10.3 Å². The Kier molecular flexibility index (Phi) is 3.19. The molecule has 6 nitrogen and oxygen atoms in total. The summed E-state index contributed by atoms with van der Waals surface area (Å²) in [5.41, 5.74) is 7.48. The second-order valence-electron chi connectivity index (χ2n) is 2.38. The van der Waals surface area contributed by atoms with Gasteiger partial charge in [0, 0.05) is 11.6 Å². The van der Waals surface area contributed by atoms with Crippen molar-refractivity contribution in [3.8, 4) is 0 Å². The van der Waals surface area contributed by atoms with Crippen LogP contribution in [-0.4, -0.2) is 21.3 Å². The van der Waals surface area contributed by atoms with Crippen LogP contribution in [0.15, 0.2) is 28.2 Å². The second kappa shape index (κ2) is 4.38. The minimum atomic E-state index is -0.510. The van der Waals surface area contributed by atoms with E-state index in [0.717, 1.165) is 0 Å². The van der Waals surface area contributed by atoms with E-state index >= 15 is 0 Å². The Morgan fingerprint density at radius 3 is 3.00 bits per heavy atom. The average Bonchev–Trinajstić information content (AvgIpc) is 2.10. The highest BCUT2D eigenvalue weighted by Crippen LogP contribution is 1.88. The van der Waals surface area contributed by atoms with E-state index in [4.69, 9.17) is 10.9 Å². The number of thiocarbonyl (C=S) groups is 1. The number of pyridine rings is 1. The molecule has 74 valence electrons. The van der Waals surface area contributed by atoms with E-state index in [1.807, 2.05) is 0 Å². The van der Waals surface area contributed by atoms with Gasteiger partial charge in [-0.25, -0.2) is 0 Å². The molecule has 0 aliphatic carbocycles. The highest BCUT2D eigenvalue weighted by Gasteiger charge is 1.93. The fraction of sp³-hybridized carbons (Fsp3) is 0. The summed E-state index contributed by atoms with van der Waals surface area (Å²) in [7, 11) is 0. The predicted molar refractivity (Wildman–Crippen MR) is 55.4 cm³/mol. The van der Waals surface area contributed by atoms with Crippen molar-refractivity contribution in [1.82, 2.24) is 10.2 Å². The molecule has 14 heavy (non-hydrogen) atoms. The Labute approximate surface area is 84.6 Å². The lowest BCUT2D eigenvalue weighted by atomic mass is 10.3. The van der Waals surface area contributed by atoms with Crippen LogP contribution < -0.4 is 16.7 Å². The summed E-state index contributed by atoms with van der Waals surface area (Å²) in [4.78, 5) is 10.8. The van der Waals surface area contributed by atoms with Gasteiger partial charge in [-0.3, -0.25) is 10.2 Å².